The van der Waals surface area contributed by atoms with E-state index in [9.17, 15) is 23.1 Å². The molecule has 2 aromatic heterocycles. The Morgan fingerprint density at radius 1 is 1.42 bits per heavy atom. The minimum atomic E-state index is -4.40. The fourth-order valence-electron chi connectivity index (χ4n) is 2.64. The molecule has 1 atom stereocenters. The first-order valence-corrected chi connectivity index (χ1v) is 8.00. The molecule has 0 spiro atoms. The number of ketones is 1. The van der Waals surface area contributed by atoms with Gasteiger partial charge in [0.25, 0.3) is 0 Å². The third-order valence-electron chi connectivity index (χ3n) is 3.78. The highest BCUT2D eigenvalue weighted by Gasteiger charge is 2.34. The van der Waals surface area contributed by atoms with Crippen molar-refractivity contribution in [1.82, 2.24) is 9.78 Å². The number of aliphatic hydroxyl groups is 1. The number of aliphatic imine (C=N–C) groups is 1. The first kappa shape index (κ1) is 16.8. The zero-order chi connectivity index (χ0) is 17.6. The van der Waals surface area contributed by atoms with Gasteiger partial charge in [-0.3, -0.25) is 4.79 Å². The molecule has 0 bridgehead atoms. The number of halogens is 3. The van der Waals surface area contributed by atoms with Gasteiger partial charge in [0, 0.05) is 17.0 Å². The summed E-state index contributed by atoms with van der Waals surface area (Å²) in [5.41, 5.74) is 1.06. The van der Waals surface area contributed by atoms with Gasteiger partial charge in [-0.2, -0.15) is 18.3 Å². The van der Waals surface area contributed by atoms with Crippen LogP contribution in [0.1, 0.15) is 52.1 Å². The third-order valence-corrected chi connectivity index (χ3v) is 5.08. The van der Waals surface area contributed by atoms with E-state index in [1.54, 1.807) is 13.8 Å². The lowest BCUT2D eigenvalue weighted by Crippen LogP contribution is -2.13. The fourth-order valence-corrected chi connectivity index (χ4v) is 3.55. The van der Waals surface area contributed by atoms with Crippen molar-refractivity contribution in [3.05, 3.63) is 33.1 Å². The number of aromatic nitrogens is 2. The first-order valence-electron chi connectivity index (χ1n) is 7.19. The van der Waals surface area contributed by atoms with Crippen LogP contribution >= 0.6 is 11.3 Å². The van der Waals surface area contributed by atoms with E-state index >= 15 is 0 Å². The summed E-state index contributed by atoms with van der Waals surface area (Å²) < 4.78 is 39.8. The van der Waals surface area contributed by atoms with Crippen LogP contribution in [0.25, 0.3) is 0 Å². The Kier molecular flexibility index (Phi) is 4.08. The highest BCUT2D eigenvalue weighted by molar-refractivity contribution is 7.12. The Labute approximate surface area is 139 Å². The van der Waals surface area contributed by atoms with Gasteiger partial charge in [0.1, 0.15) is 10.6 Å². The van der Waals surface area contributed by atoms with Crippen molar-refractivity contribution in [3.8, 4) is 0 Å². The molecule has 1 aliphatic heterocycles. The molecule has 0 radical (unpaired) electrons. The second kappa shape index (κ2) is 5.82. The highest BCUT2D eigenvalue weighted by Crippen LogP contribution is 2.39. The zero-order valence-electron chi connectivity index (χ0n) is 12.9. The number of carbonyl (C=O) groups is 1. The molecular formula is C15H14F3N3O2S. The van der Waals surface area contributed by atoms with Gasteiger partial charge < -0.3 is 5.11 Å². The van der Waals surface area contributed by atoms with Crippen LogP contribution in [0.4, 0.5) is 19.0 Å². The van der Waals surface area contributed by atoms with Crippen LogP contribution in [-0.2, 0) is 12.8 Å². The predicted molar refractivity (Wildman–Crippen MR) is 83.0 cm³/mol. The largest absolute Gasteiger partial charge is 0.425 e. The second-order valence-corrected chi connectivity index (χ2v) is 6.69. The highest BCUT2D eigenvalue weighted by atomic mass is 32.1. The van der Waals surface area contributed by atoms with Crippen molar-refractivity contribution in [1.29, 1.82) is 0 Å². The molecule has 0 saturated carbocycles. The average Bonchev–Trinajstić information content (AvgIpc) is 3.10. The minimum Gasteiger partial charge on any atom is -0.390 e. The number of aliphatic hydroxyl groups excluding tert-OH is 1. The van der Waals surface area contributed by atoms with E-state index in [4.69, 9.17) is 0 Å². The Morgan fingerprint density at radius 3 is 2.71 bits per heavy atom. The quantitative estimate of drug-likeness (QED) is 0.910. The van der Waals surface area contributed by atoms with Crippen molar-refractivity contribution in [2.24, 2.45) is 4.99 Å². The van der Waals surface area contributed by atoms with Crippen molar-refractivity contribution in [2.45, 2.75) is 39.1 Å². The Morgan fingerprint density at radius 2 is 2.12 bits per heavy atom. The maximum absolute atomic E-state index is 12.8. The molecule has 2 aromatic rings. The number of nitrogens with zero attached hydrogens (tertiary/aromatic N) is 3. The van der Waals surface area contributed by atoms with Crippen LogP contribution in [-0.4, -0.2) is 26.4 Å². The van der Waals surface area contributed by atoms with Gasteiger partial charge >= 0.3 is 6.18 Å². The number of fused-ring (bicyclic) bond motifs is 1. The number of Topliss-reactive ketones (excluding diaryl/α,β-unsaturated/α-hetero) is 1. The summed E-state index contributed by atoms with van der Waals surface area (Å²) >= 11 is 0.630. The number of carbonyl (C=O) groups excluding carboxylic acids is 1. The van der Waals surface area contributed by atoms with E-state index in [0.29, 0.717) is 27.7 Å². The van der Waals surface area contributed by atoms with E-state index in [1.165, 1.54) is 10.7 Å². The number of alkyl halides is 3. The molecule has 0 aliphatic carbocycles. The molecule has 0 amide bonds. The molecule has 3 heterocycles. The smallest absolute Gasteiger partial charge is 0.390 e. The fraction of sp³-hybridized carbons (Fsp3) is 0.400. The zero-order valence-corrected chi connectivity index (χ0v) is 13.7. The minimum absolute atomic E-state index is 0.150. The molecule has 9 heteroatoms. The van der Waals surface area contributed by atoms with Crippen molar-refractivity contribution in [2.75, 3.05) is 0 Å². The number of hydrogen-bond acceptors (Lipinski definition) is 5. The van der Waals surface area contributed by atoms with Gasteiger partial charge in [0.15, 0.2) is 11.6 Å². The summed E-state index contributed by atoms with van der Waals surface area (Å²) in [6.45, 7) is 2.96. The lowest BCUT2D eigenvalue weighted by molar-refractivity contribution is -0.134. The third kappa shape index (κ3) is 2.78. The molecule has 0 fully saturated rings. The van der Waals surface area contributed by atoms with Crippen molar-refractivity contribution < 1.29 is 23.1 Å². The SMILES string of the molecule is CC1=Nc2c(c(CO)nn2C(C)c2ccc(C(F)(F)F)s2)C(=O)C1. The molecule has 0 saturated heterocycles. The van der Waals surface area contributed by atoms with Gasteiger partial charge in [-0.1, -0.05) is 0 Å². The Bertz CT molecular complexity index is 836. The summed E-state index contributed by atoms with van der Waals surface area (Å²) in [5.74, 6) is 0.101. The maximum Gasteiger partial charge on any atom is 0.425 e. The number of hydrogen-bond donors (Lipinski definition) is 1. The first-order chi connectivity index (χ1) is 11.2. The van der Waals surface area contributed by atoms with Gasteiger partial charge in [-0.25, -0.2) is 9.67 Å². The molecule has 3 rings (SSSR count). The van der Waals surface area contributed by atoms with Gasteiger partial charge in [0.2, 0.25) is 0 Å². The van der Waals surface area contributed by atoms with Crippen LogP contribution in [0.2, 0.25) is 0 Å². The second-order valence-electron chi connectivity index (χ2n) is 5.57. The normalized spacial score (nSPS) is 16.1. The standard InChI is InChI=1S/C15H14F3N3O2S/c1-7-5-10(23)13-9(6-22)20-21(14(13)19-7)8(2)11-3-4-12(24-11)15(16,17)18/h3-4,8,22H,5-6H2,1-2H3. The molecule has 5 nitrogen and oxygen atoms in total. The van der Waals surface area contributed by atoms with Crippen LogP contribution in [0.3, 0.4) is 0 Å². The summed E-state index contributed by atoms with van der Waals surface area (Å²) in [7, 11) is 0. The molecule has 1 unspecified atom stereocenters. The van der Waals surface area contributed by atoms with Gasteiger partial charge in [-0.05, 0) is 26.0 Å². The van der Waals surface area contributed by atoms with E-state index < -0.39 is 23.7 Å². The number of thiophene rings is 1. The predicted octanol–water partition coefficient (Wildman–Crippen LogP) is 3.74. The summed E-state index contributed by atoms with van der Waals surface area (Å²) in [6.07, 6.45) is -4.25. The molecule has 1 N–H and O–H groups in total. The lowest BCUT2D eigenvalue weighted by Gasteiger charge is -2.15. The lowest BCUT2D eigenvalue weighted by atomic mass is 10.0. The molecule has 24 heavy (non-hydrogen) atoms. The maximum atomic E-state index is 12.8. The van der Waals surface area contributed by atoms with E-state index in [-0.39, 0.29) is 23.5 Å². The van der Waals surface area contributed by atoms with Crippen LogP contribution in [0, 0.1) is 0 Å². The monoisotopic (exact) mass is 357 g/mol. The van der Waals surface area contributed by atoms with E-state index in [2.05, 4.69) is 10.1 Å². The van der Waals surface area contributed by atoms with Gasteiger partial charge in [0.05, 0.1) is 18.2 Å². The average molecular weight is 357 g/mol. The molecular weight excluding hydrogens is 343 g/mol. The van der Waals surface area contributed by atoms with E-state index in [0.717, 1.165) is 6.07 Å². The number of rotatable bonds is 3. The summed E-state index contributed by atoms with van der Waals surface area (Å²) in [4.78, 5) is 16.3. The molecule has 1 aliphatic rings. The Hall–Kier alpha value is -2.00. The van der Waals surface area contributed by atoms with E-state index in [1.807, 2.05) is 0 Å². The van der Waals surface area contributed by atoms with Crippen LogP contribution < -0.4 is 0 Å². The molecule has 128 valence electrons. The van der Waals surface area contributed by atoms with Crippen molar-refractivity contribution in [3.63, 3.8) is 0 Å². The molecule has 0 aromatic carbocycles. The van der Waals surface area contributed by atoms with Crippen LogP contribution in [0.15, 0.2) is 17.1 Å². The summed E-state index contributed by atoms with van der Waals surface area (Å²) in [6, 6.07) is 1.88. The summed E-state index contributed by atoms with van der Waals surface area (Å²) in [5, 5.41) is 13.6. The van der Waals surface area contributed by atoms with Crippen molar-refractivity contribution >= 4 is 28.6 Å². The van der Waals surface area contributed by atoms with Gasteiger partial charge in [-0.15, -0.1) is 11.3 Å². The van der Waals surface area contributed by atoms with Crippen LogP contribution in [0.5, 0.6) is 0 Å². The topological polar surface area (TPSA) is 67.5 Å². The Balaban J connectivity index is 2.07.